The molecule has 0 unspecified atom stereocenters. The molecule has 3 aromatic carbocycles. The van der Waals surface area contributed by atoms with Crippen LogP contribution in [0.1, 0.15) is 27.2 Å². The lowest BCUT2D eigenvalue weighted by Crippen LogP contribution is -2.03. The van der Waals surface area contributed by atoms with Crippen molar-refractivity contribution in [1.82, 2.24) is 4.98 Å². The number of carboxylic acid groups (broad SMARTS) is 1. The first-order chi connectivity index (χ1) is 15.6. The summed E-state index contributed by atoms with van der Waals surface area (Å²) >= 11 is 0. The van der Waals surface area contributed by atoms with E-state index in [-0.39, 0.29) is 5.56 Å². The van der Waals surface area contributed by atoms with Gasteiger partial charge in [-0.25, -0.2) is 4.79 Å². The molecule has 0 spiro atoms. The predicted molar refractivity (Wildman–Crippen MR) is 123 cm³/mol. The third kappa shape index (κ3) is 4.95. The zero-order valence-electron chi connectivity index (χ0n) is 17.7. The summed E-state index contributed by atoms with van der Waals surface area (Å²) in [6.07, 6.45) is 1.70. The first-order valence-electron chi connectivity index (χ1n) is 10.3. The summed E-state index contributed by atoms with van der Waals surface area (Å²) in [7, 11) is 0. The first-order valence-corrected chi connectivity index (χ1v) is 10.3. The van der Waals surface area contributed by atoms with Gasteiger partial charge in [0.25, 0.3) is 0 Å². The summed E-state index contributed by atoms with van der Waals surface area (Å²) in [5, 5.41) is 9.42. The summed E-state index contributed by atoms with van der Waals surface area (Å²) < 4.78 is 12.1. The van der Waals surface area contributed by atoms with E-state index in [4.69, 9.17) is 9.47 Å². The molecule has 0 amide bonds. The minimum atomic E-state index is -0.941. The predicted octanol–water partition coefficient (Wildman–Crippen LogP) is 5.91. The van der Waals surface area contributed by atoms with Gasteiger partial charge in [-0.3, -0.25) is 4.98 Å². The van der Waals surface area contributed by atoms with E-state index >= 15 is 0 Å². The van der Waals surface area contributed by atoms with Gasteiger partial charge >= 0.3 is 5.97 Å². The van der Waals surface area contributed by atoms with Crippen molar-refractivity contribution < 1.29 is 19.4 Å². The Morgan fingerprint density at radius 1 is 0.812 bits per heavy atom. The number of pyridine rings is 1. The fourth-order valence-electron chi connectivity index (χ4n) is 3.41. The van der Waals surface area contributed by atoms with Crippen LogP contribution in [0.3, 0.4) is 0 Å². The van der Waals surface area contributed by atoms with Crippen LogP contribution in [0.15, 0.2) is 91.1 Å². The van der Waals surface area contributed by atoms with Crippen molar-refractivity contribution in [2.24, 2.45) is 0 Å². The highest BCUT2D eigenvalue weighted by Crippen LogP contribution is 2.31. The zero-order valence-corrected chi connectivity index (χ0v) is 17.7. The molecule has 4 aromatic rings. The van der Waals surface area contributed by atoms with Crippen LogP contribution in [0.4, 0.5) is 0 Å². The number of carbonyl (C=O) groups is 1. The Balaban J connectivity index is 1.46. The SMILES string of the molecule is Cc1nccc(OCc2ccc(-c3ccccc3C(=O)O)cc2)c1OCc1ccccc1. The molecule has 0 fully saturated rings. The normalized spacial score (nSPS) is 10.5. The molecule has 0 saturated carbocycles. The lowest BCUT2D eigenvalue weighted by atomic mass is 9.99. The molecule has 160 valence electrons. The van der Waals surface area contributed by atoms with Crippen LogP contribution in [-0.4, -0.2) is 16.1 Å². The minimum Gasteiger partial charge on any atom is -0.485 e. The monoisotopic (exact) mass is 425 g/mol. The zero-order chi connectivity index (χ0) is 22.3. The average Bonchev–Trinajstić information content (AvgIpc) is 2.83. The summed E-state index contributed by atoms with van der Waals surface area (Å²) in [4.78, 5) is 15.8. The fourth-order valence-corrected chi connectivity index (χ4v) is 3.41. The molecular formula is C27H23NO4. The molecule has 0 aliphatic heterocycles. The van der Waals surface area contributed by atoms with Crippen molar-refractivity contribution in [2.75, 3.05) is 0 Å². The number of aromatic nitrogens is 1. The largest absolute Gasteiger partial charge is 0.485 e. The highest BCUT2D eigenvalue weighted by Gasteiger charge is 2.12. The number of benzene rings is 3. The molecule has 5 heteroatoms. The molecule has 1 aromatic heterocycles. The molecule has 1 heterocycles. The van der Waals surface area contributed by atoms with Crippen molar-refractivity contribution >= 4 is 5.97 Å². The number of carboxylic acids is 1. The molecule has 0 bridgehead atoms. The number of ether oxygens (including phenoxy) is 2. The Kier molecular flexibility index (Phi) is 6.46. The number of aryl methyl sites for hydroxylation is 1. The number of nitrogens with zero attached hydrogens (tertiary/aromatic N) is 1. The van der Waals surface area contributed by atoms with Crippen molar-refractivity contribution in [3.63, 3.8) is 0 Å². The molecule has 1 N–H and O–H groups in total. The Hall–Kier alpha value is -4.12. The van der Waals surface area contributed by atoms with E-state index in [1.807, 2.05) is 73.7 Å². The average molecular weight is 425 g/mol. The van der Waals surface area contributed by atoms with Crippen molar-refractivity contribution in [3.05, 3.63) is 114 Å². The molecule has 0 saturated heterocycles. The van der Waals surface area contributed by atoms with Crippen LogP contribution in [0.2, 0.25) is 0 Å². The molecule has 32 heavy (non-hydrogen) atoms. The van der Waals surface area contributed by atoms with E-state index in [0.717, 1.165) is 22.4 Å². The lowest BCUT2D eigenvalue weighted by Gasteiger charge is -2.15. The second-order valence-corrected chi connectivity index (χ2v) is 7.33. The van der Waals surface area contributed by atoms with Gasteiger partial charge in [-0.05, 0) is 35.2 Å². The van der Waals surface area contributed by atoms with Crippen LogP contribution in [0, 0.1) is 6.92 Å². The Morgan fingerprint density at radius 2 is 1.47 bits per heavy atom. The summed E-state index contributed by atoms with van der Waals surface area (Å²) in [6.45, 7) is 2.68. The van der Waals surface area contributed by atoms with Gasteiger partial charge in [0.1, 0.15) is 13.2 Å². The van der Waals surface area contributed by atoms with Gasteiger partial charge in [0.2, 0.25) is 0 Å². The van der Waals surface area contributed by atoms with E-state index in [0.29, 0.717) is 30.3 Å². The summed E-state index contributed by atoms with van der Waals surface area (Å²) in [5.41, 5.74) is 4.61. The standard InChI is InChI=1S/C27H23NO4/c1-19-26(32-18-20-7-3-2-4-8-20)25(15-16-28-19)31-17-21-11-13-22(14-12-21)23-9-5-6-10-24(23)27(29)30/h2-16H,17-18H2,1H3,(H,29,30). The van der Waals surface area contributed by atoms with Gasteiger partial charge in [-0.1, -0.05) is 72.8 Å². The molecular weight excluding hydrogens is 402 g/mol. The maximum Gasteiger partial charge on any atom is 0.336 e. The Morgan fingerprint density at radius 3 is 2.22 bits per heavy atom. The second-order valence-electron chi connectivity index (χ2n) is 7.33. The van der Waals surface area contributed by atoms with E-state index in [9.17, 15) is 9.90 Å². The summed E-state index contributed by atoms with van der Waals surface area (Å²) in [5.74, 6) is 0.321. The third-order valence-corrected chi connectivity index (χ3v) is 5.09. The minimum absolute atomic E-state index is 0.281. The van der Waals surface area contributed by atoms with Gasteiger partial charge in [-0.2, -0.15) is 0 Å². The number of hydrogen-bond donors (Lipinski definition) is 1. The van der Waals surface area contributed by atoms with Crippen molar-refractivity contribution in [1.29, 1.82) is 0 Å². The highest BCUT2D eigenvalue weighted by atomic mass is 16.5. The number of aromatic carboxylic acids is 1. The van der Waals surface area contributed by atoms with E-state index in [1.165, 1.54) is 0 Å². The van der Waals surface area contributed by atoms with Crippen LogP contribution >= 0.6 is 0 Å². The Bertz CT molecular complexity index is 1200. The smallest absolute Gasteiger partial charge is 0.336 e. The van der Waals surface area contributed by atoms with E-state index in [2.05, 4.69) is 4.98 Å². The Labute approximate surface area is 186 Å². The van der Waals surface area contributed by atoms with Crippen LogP contribution in [0.25, 0.3) is 11.1 Å². The van der Waals surface area contributed by atoms with Gasteiger partial charge < -0.3 is 14.6 Å². The second kappa shape index (κ2) is 9.79. The van der Waals surface area contributed by atoms with E-state index in [1.54, 1.807) is 24.4 Å². The summed E-state index contributed by atoms with van der Waals surface area (Å²) in [6, 6.07) is 26.4. The third-order valence-electron chi connectivity index (χ3n) is 5.09. The topological polar surface area (TPSA) is 68.7 Å². The number of hydrogen-bond acceptors (Lipinski definition) is 4. The van der Waals surface area contributed by atoms with Gasteiger partial charge in [-0.15, -0.1) is 0 Å². The molecule has 0 aliphatic carbocycles. The molecule has 0 atom stereocenters. The van der Waals surface area contributed by atoms with E-state index < -0.39 is 5.97 Å². The molecule has 0 aliphatic rings. The van der Waals surface area contributed by atoms with Crippen LogP contribution in [-0.2, 0) is 13.2 Å². The van der Waals surface area contributed by atoms with Crippen LogP contribution < -0.4 is 9.47 Å². The quantitative estimate of drug-likeness (QED) is 0.380. The highest BCUT2D eigenvalue weighted by molar-refractivity contribution is 5.95. The fraction of sp³-hybridized carbons (Fsp3) is 0.111. The maximum absolute atomic E-state index is 11.5. The van der Waals surface area contributed by atoms with Gasteiger partial charge in [0, 0.05) is 12.3 Å². The first kappa shape index (κ1) is 21.1. The lowest BCUT2D eigenvalue weighted by molar-refractivity contribution is 0.0697. The van der Waals surface area contributed by atoms with Crippen molar-refractivity contribution in [2.45, 2.75) is 20.1 Å². The maximum atomic E-state index is 11.5. The number of rotatable bonds is 8. The van der Waals surface area contributed by atoms with Crippen LogP contribution in [0.5, 0.6) is 11.5 Å². The molecule has 4 rings (SSSR count). The molecule has 0 radical (unpaired) electrons. The molecule has 5 nitrogen and oxygen atoms in total. The van der Waals surface area contributed by atoms with Gasteiger partial charge in [0.05, 0.1) is 11.3 Å². The van der Waals surface area contributed by atoms with Gasteiger partial charge in [0.15, 0.2) is 11.5 Å². The van der Waals surface area contributed by atoms with Crippen molar-refractivity contribution in [3.8, 4) is 22.6 Å².